The average molecular weight is 407 g/mol. The average Bonchev–Trinajstić information content (AvgIpc) is 2.97. The van der Waals surface area contributed by atoms with Gasteiger partial charge in [0, 0.05) is 65.4 Å². The van der Waals surface area contributed by atoms with Crippen molar-refractivity contribution in [3.8, 4) is 0 Å². The zero-order valence-corrected chi connectivity index (χ0v) is 18.0. The van der Waals surface area contributed by atoms with Gasteiger partial charge >= 0.3 is 0 Å². The minimum atomic E-state index is 0.665. The summed E-state index contributed by atoms with van der Waals surface area (Å²) >= 11 is 0. The van der Waals surface area contributed by atoms with Crippen LogP contribution in [0.2, 0.25) is 0 Å². The molecule has 164 valence electrons. The van der Waals surface area contributed by atoms with E-state index >= 15 is 0 Å². The van der Waals surface area contributed by atoms with E-state index in [0.29, 0.717) is 5.92 Å². The number of hydrogen-bond donors (Lipinski definition) is 2. The minimum Gasteiger partial charge on any atom is -0.381 e. The molecule has 0 bridgehead atoms. The summed E-state index contributed by atoms with van der Waals surface area (Å²) in [5.41, 5.74) is 0. The third-order valence-electron chi connectivity index (χ3n) is 5.58. The van der Waals surface area contributed by atoms with Crippen LogP contribution in [0.1, 0.15) is 57.1 Å². The molecule has 1 saturated heterocycles. The Bertz CT molecular complexity index is 612. The molecule has 29 heavy (non-hydrogen) atoms. The van der Waals surface area contributed by atoms with Crippen molar-refractivity contribution in [3.63, 3.8) is 0 Å². The number of nitrogens with one attached hydrogen (secondary N) is 2. The zero-order chi connectivity index (χ0) is 20.2. The summed E-state index contributed by atoms with van der Waals surface area (Å²) in [6.07, 6.45) is 8.86. The van der Waals surface area contributed by atoms with E-state index in [0.717, 1.165) is 102 Å². The van der Waals surface area contributed by atoms with Gasteiger partial charge in [-0.15, -0.1) is 10.2 Å². The molecule has 8 nitrogen and oxygen atoms in total. The van der Waals surface area contributed by atoms with Crippen molar-refractivity contribution in [1.29, 1.82) is 0 Å². The molecule has 0 atom stereocenters. The third kappa shape index (κ3) is 7.59. The fourth-order valence-corrected chi connectivity index (χ4v) is 3.89. The van der Waals surface area contributed by atoms with Gasteiger partial charge in [0.1, 0.15) is 11.6 Å². The highest BCUT2D eigenvalue weighted by Crippen LogP contribution is 2.15. The molecule has 3 heterocycles. The summed E-state index contributed by atoms with van der Waals surface area (Å²) in [5, 5.41) is 15.5. The monoisotopic (exact) mass is 406 g/mol. The highest BCUT2D eigenvalue weighted by atomic mass is 16.5. The molecule has 1 fully saturated rings. The Balaban J connectivity index is 1.33. The second kappa shape index (κ2) is 12.8. The van der Waals surface area contributed by atoms with Crippen molar-refractivity contribution >= 4 is 5.96 Å². The Morgan fingerprint density at radius 2 is 2.10 bits per heavy atom. The molecule has 0 saturated carbocycles. The van der Waals surface area contributed by atoms with Crippen molar-refractivity contribution in [2.75, 3.05) is 46.1 Å². The second-order valence-corrected chi connectivity index (χ2v) is 7.92. The summed E-state index contributed by atoms with van der Waals surface area (Å²) in [7, 11) is 0. The Hall–Kier alpha value is -1.67. The molecule has 8 heteroatoms. The Kier molecular flexibility index (Phi) is 9.72. The molecule has 2 N–H and O–H groups in total. The van der Waals surface area contributed by atoms with E-state index in [1.165, 1.54) is 19.3 Å². The van der Waals surface area contributed by atoms with Crippen molar-refractivity contribution in [2.45, 2.75) is 64.8 Å². The van der Waals surface area contributed by atoms with Crippen LogP contribution in [0, 0.1) is 5.92 Å². The van der Waals surface area contributed by atoms with E-state index < -0.39 is 0 Å². The normalized spacial score (nSPS) is 18.3. The highest BCUT2D eigenvalue weighted by molar-refractivity contribution is 5.79. The first kappa shape index (κ1) is 22.0. The van der Waals surface area contributed by atoms with Gasteiger partial charge in [0.25, 0.3) is 0 Å². The Labute approximate surface area is 174 Å². The quantitative estimate of drug-likeness (QED) is 0.351. The van der Waals surface area contributed by atoms with Gasteiger partial charge in [-0.2, -0.15) is 0 Å². The van der Waals surface area contributed by atoms with Crippen LogP contribution in [-0.4, -0.2) is 66.8 Å². The topological polar surface area (TPSA) is 85.6 Å². The lowest BCUT2D eigenvalue weighted by Crippen LogP contribution is -2.38. The number of fused-ring (bicyclic) bond motifs is 1. The highest BCUT2D eigenvalue weighted by Gasteiger charge is 2.15. The maximum atomic E-state index is 5.82. The van der Waals surface area contributed by atoms with Gasteiger partial charge in [-0.05, 0) is 44.9 Å². The summed E-state index contributed by atoms with van der Waals surface area (Å²) < 4.78 is 13.5. The molecule has 2 aliphatic rings. The maximum Gasteiger partial charge on any atom is 0.191 e. The van der Waals surface area contributed by atoms with Crippen LogP contribution in [0.5, 0.6) is 0 Å². The lowest BCUT2D eigenvalue weighted by atomic mass is 10.0. The van der Waals surface area contributed by atoms with E-state index in [1.54, 1.807) is 0 Å². The number of aromatic nitrogens is 3. The molecule has 3 rings (SSSR count). The summed E-state index contributed by atoms with van der Waals surface area (Å²) in [4.78, 5) is 4.67. The maximum absolute atomic E-state index is 5.82. The predicted octanol–water partition coefficient (Wildman–Crippen LogP) is 1.94. The van der Waals surface area contributed by atoms with Crippen LogP contribution in [0.25, 0.3) is 0 Å². The fraction of sp³-hybridized carbons (Fsp3) is 0.857. The van der Waals surface area contributed by atoms with Crippen LogP contribution in [-0.2, 0) is 28.9 Å². The largest absolute Gasteiger partial charge is 0.381 e. The Morgan fingerprint density at radius 1 is 1.21 bits per heavy atom. The van der Waals surface area contributed by atoms with Gasteiger partial charge in [-0.3, -0.25) is 4.99 Å². The fourth-order valence-electron chi connectivity index (χ4n) is 3.89. The number of ether oxygens (including phenoxy) is 2. The van der Waals surface area contributed by atoms with Crippen molar-refractivity contribution in [1.82, 2.24) is 25.4 Å². The van der Waals surface area contributed by atoms with Gasteiger partial charge in [0.15, 0.2) is 5.96 Å². The zero-order valence-electron chi connectivity index (χ0n) is 18.0. The van der Waals surface area contributed by atoms with Gasteiger partial charge in [0.2, 0.25) is 0 Å². The number of nitrogens with zero attached hydrogens (tertiary/aromatic N) is 4. The summed E-state index contributed by atoms with van der Waals surface area (Å²) in [5.74, 6) is 3.77. The lowest BCUT2D eigenvalue weighted by molar-refractivity contribution is 0.0205. The molecule has 0 aliphatic carbocycles. The molecule has 0 unspecified atom stereocenters. The molecular formula is C21H38N6O2. The van der Waals surface area contributed by atoms with Crippen molar-refractivity contribution in [2.24, 2.45) is 10.9 Å². The van der Waals surface area contributed by atoms with Gasteiger partial charge in [-0.1, -0.05) is 6.42 Å². The van der Waals surface area contributed by atoms with Crippen LogP contribution in [0.4, 0.5) is 0 Å². The molecule has 1 aromatic heterocycles. The standard InChI is InChI=1S/C21H38N6O2/c1-2-22-21(23-11-6-14-29-17-18-9-15-28-16-10-18)24-12-8-20-26-25-19-7-4-3-5-13-27(19)20/h18H,2-17H2,1H3,(H2,22,23,24). The van der Waals surface area contributed by atoms with E-state index in [4.69, 9.17) is 9.47 Å². The van der Waals surface area contributed by atoms with Crippen LogP contribution < -0.4 is 10.6 Å². The smallest absolute Gasteiger partial charge is 0.191 e. The third-order valence-corrected chi connectivity index (χ3v) is 5.58. The van der Waals surface area contributed by atoms with E-state index in [9.17, 15) is 0 Å². The molecule has 2 aliphatic heterocycles. The van der Waals surface area contributed by atoms with Crippen LogP contribution in [0.15, 0.2) is 4.99 Å². The first-order chi connectivity index (χ1) is 14.4. The van der Waals surface area contributed by atoms with Gasteiger partial charge in [-0.25, -0.2) is 0 Å². The number of guanidine groups is 1. The first-order valence-electron chi connectivity index (χ1n) is 11.5. The first-order valence-corrected chi connectivity index (χ1v) is 11.5. The molecule has 1 aromatic rings. The summed E-state index contributed by atoms with van der Waals surface area (Å²) in [6, 6.07) is 0. The van der Waals surface area contributed by atoms with Crippen molar-refractivity contribution in [3.05, 3.63) is 11.6 Å². The lowest BCUT2D eigenvalue weighted by Gasteiger charge is -2.21. The number of rotatable bonds is 10. The SMILES string of the molecule is CCNC(=NCCCOCC1CCOCC1)NCCc1nnc2n1CCCCC2. The summed E-state index contributed by atoms with van der Waals surface area (Å²) in [6.45, 7) is 8.97. The molecule has 0 amide bonds. The van der Waals surface area contributed by atoms with Crippen LogP contribution >= 0.6 is 0 Å². The predicted molar refractivity (Wildman–Crippen MR) is 114 cm³/mol. The molecule has 0 radical (unpaired) electrons. The molecule has 0 aromatic carbocycles. The van der Waals surface area contributed by atoms with E-state index in [1.807, 2.05) is 0 Å². The minimum absolute atomic E-state index is 0.665. The van der Waals surface area contributed by atoms with E-state index in [2.05, 4.69) is 37.3 Å². The Morgan fingerprint density at radius 3 is 2.97 bits per heavy atom. The number of hydrogen-bond acceptors (Lipinski definition) is 5. The molecular weight excluding hydrogens is 368 g/mol. The molecule has 0 spiro atoms. The number of aryl methyl sites for hydroxylation is 1. The second-order valence-electron chi connectivity index (χ2n) is 7.92. The van der Waals surface area contributed by atoms with Gasteiger partial charge < -0.3 is 24.7 Å². The number of aliphatic imine (C=N–C) groups is 1. The van der Waals surface area contributed by atoms with E-state index in [-0.39, 0.29) is 0 Å². The van der Waals surface area contributed by atoms with Crippen molar-refractivity contribution < 1.29 is 9.47 Å². The van der Waals surface area contributed by atoms with Gasteiger partial charge in [0.05, 0.1) is 0 Å². The van der Waals surface area contributed by atoms with Crippen LogP contribution in [0.3, 0.4) is 0 Å².